The van der Waals surface area contributed by atoms with Gasteiger partial charge in [0.1, 0.15) is 23.1 Å². The predicted molar refractivity (Wildman–Crippen MR) is 125 cm³/mol. The van der Waals surface area contributed by atoms with Crippen molar-refractivity contribution in [2.24, 2.45) is 0 Å². The maximum absolute atomic E-state index is 2.97. The van der Waals surface area contributed by atoms with E-state index in [4.69, 9.17) is 0 Å². The molecule has 1 aromatic heterocycles. The van der Waals surface area contributed by atoms with Crippen LogP contribution in [0.5, 0.6) is 0 Å². The van der Waals surface area contributed by atoms with Gasteiger partial charge in [-0.05, 0) is 69.9 Å². The summed E-state index contributed by atoms with van der Waals surface area (Å²) in [5.74, 6) is 3.18. The molecule has 3 aliphatic carbocycles. The molecule has 30 heavy (non-hydrogen) atoms. The minimum absolute atomic E-state index is 0.731. The molecule has 1 heterocycles. The quantitative estimate of drug-likeness (QED) is 0.463. The lowest BCUT2D eigenvalue weighted by Gasteiger charge is -2.26. The van der Waals surface area contributed by atoms with Crippen LogP contribution < -0.4 is 4.57 Å². The van der Waals surface area contributed by atoms with Gasteiger partial charge < -0.3 is 0 Å². The minimum Gasteiger partial charge on any atom is -0.228 e. The van der Waals surface area contributed by atoms with Crippen LogP contribution in [0.15, 0.2) is 24.3 Å². The van der Waals surface area contributed by atoms with Crippen LogP contribution in [0.4, 0.5) is 0 Å². The standard InChI is InChI=1S/C28H41N2/c1-21-13-9-12-20-26(21)29-22(2)27(23-14-10-11-15-23)30(25-18-7-4-8-19-25)28(29)24-16-5-3-6-17-24/h9,12-13,20,23-25H,3-8,10-11,14-19H2,1-2H3/q+1. The number of hydrogen-bond acceptors (Lipinski definition) is 0. The second-order valence-corrected chi connectivity index (χ2v) is 10.4. The van der Waals surface area contributed by atoms with Crippen molar-refractivity contribution in [1.82, 2.24) is 4.57 Å². The fraction of sp³-hybridized carbons (Fsp3) is 0.679. The molecule has 3 saturated carbocycles. The molecular formula is C28H41N2+. The van der Waals surface area contributed by atoms with Gasteiger partial charge in [-0.25, -0.2) is 4.57 Å². The van der Waals surface area contributed by atoms with Gasteiger partial charge in [0.25, 0.3) is 5.82 Å². The van der Waals surface area contributed by atoms with Crippen LogP contribution in [0, 0.1) is 13.8 Å². The van der Waals surface area contributed by atoms with E-state index in [1.165, 1.54) is 101 Å². The summed E-state index contributed by atoms with van der Waals surface area (Å²) in [5.41, 5.74) is 6.14. The molecule has 0 bridgehead atoms. The topological polar surface area (TPSA) is 8.81 Å². The van der Waals surface area contributed by atoms with E-state index >= 15 is 0 Å². The molecule has 2 heteroatoms. The van der Waals surface area contributed by atoms with E-state index < -0.39 is 0 Å². The fourth-order valence-corrected chi connectivity index (χ4v) is 6.96. The van der Waals surface area contributed by atoms with E-state index in [0.717, 1.165) is 17.9 Å². The number of para-hydroxylation sites is 1. The van der Waals surface area contributed by atoms with E-state index in [-0.39, 0.29) is 0 Å². The second-order valence-electron chi connectivity index (χ2n) is 10.4. The first-order valence-corrected chi connectivity index (χ1v) is 13.0. The lowest BCUT2D eigenvalue weighted by Crippen LogP contribution is -2.48. The molecule has 0 saturated heterocycles. The number of benzene rings is 1. The molecule has 0 spiro atoms. The fourth-order valence-electron chi connectivity index (χ4n) is 6.96. The zero-order chi connectivity index (χ0) is 20.5. The summed E-state index contributed by atoms with van der Waals surface area (Å²) in [6.45, 7) is 4.76. The number of rotatable bonds is 4. The summed E-state index contributed by atoms with van der Waals surface area (Å²) >= 11 is 0. The highest BCUT2D eigenvalue weighted by atomic mass is 15.2. The van der Waals surface area contributed by atoms with Crippen LogP contribution in [0.1, 0.15) is 131 Å². The van der Waals surface area contributed by atoms with Crippen molar-refractivity contribution in [2.45, 2.75) is 122 Å². The van der Waals surface area contributed by atoms with Crippen molar-refractivity contribution in [1.29, 1.82) is 0 Å². The molecule has 162 valence electrons. The average molecular weight is 406 g/mol. The maximum atomic E-state index is 2.97. The van der Waals surface area contributed by atoms with Crippen LogP contribution >= 0.6 is 0 Å². The van der Waals surface area contributed by atoms with Gasteiger partial charge in [-0.2, -0.15) is 4.57 Å². The normalized spacial score (nSPS) is 22.1. The van der Waals surface area contributed by atoms with Crippen LogP contribution in [-0.2, 0) is 0 Å². The monoisotopic (exact) mass is 405 g/mol. The Morgan fingerprint density at radius 3 is 1.93 bits per heavy atom. The Morgan fingerprint density at radius 1 is 0.700 bits per heavy atom. The lowest BCUT2D eigenvalue weighted by atomic mass is 9.87. The van der Waals surface area contributed by atoms with Gasteiger partial charge in [0.05, 0.1) is 5.92 Å². The summed E-state index contributed by atoms with van der Waals surface area (Å²) in [7, 11) is 0. The van der Waals surface area contributed by atoms with Crippen LogP contribution in [0.3, 0.4) is 0 Å². The summed E-state index contributed by atoms with van der Waals surface area (Å²) < 4.78 is 5.71. The third kappa shape index (κ3) is 3.65. The van der Waals surface area contributed by atoms with Crippen molar-refractivity contribution in [3.05, 3.63) is 47.0 Å². The zero-order valence-electron chi connectivity index (χ0n) is 19.3. The van der Waals surface area contributed by atoms with Gasteiger partial charge in [0.15, 0.2) is 0 Å². The molecule has 0 N–H and O–H groups in total. The van der Waals surface area contributed by atoms with E-state index in [0.29, 0.717) is 0 Å². The molecule has 0 radical (unpaired) electrons. The molecule has 0 aliphatic heterocycles. The Kier molecular flexibility index (Phi) is 6.03. The first-order chi connectivity index (χ1) is 14.8. The summed E-state index contributed by atoms with van der Waals surface area (Å²) in [6, 6.07) is 9.85. The Bertz CT molecular complexity index is 859. The van der Waals surface area contributed by atoms with Crippen LogP contribution in [0.2, 0.25) is 0 Å². The van der Waals surface area contributed by atoms with Gasteiger partial charge in [0, 0.05) is 12.8 Å². The summed E-state index contributed by atoms with van der Waals surface area (Å²) in [5, 5.41) is 0. The van der Waals surface area contributed by atoms with Gasteiger partial charge in [-0.1, -0.05) is 56.7 Å². The van der Waals surface area contributed by atoms with Gasteiger partial charge in [-0.15, -0.1) is 0 Å². The van der Waals surface area contributed by atoms with Gasteiger partial charge in [-0.3, -0.25) is 0 Å². The summed E-state index contributed by atoms with van der Waals surface area (Å²) in [4.78, 5) is 0. The Hall–Kier alpha value is -1.57. The zero-order valence-corrected chi connectivity index (χ0v) is 19.3. The lowest BCUT2D eigenvalue weighted by molar-refractivity contribution is -0.740. The van der Waals surface area contributed by atoms with E-state index in [9.17, 15) is 0 Å². The molecule has 0 unspecified atom stereocenters. The molecule has 0 atom stereocenters. The first-order valence-electron chi connectivity index (χ1n) is 13.0. The third-order valence-electron chi connectivity index (χ3n) is 8.45. The molecule has 2 nitrogen and oxygen atoms in total. The third-order valence-corrected chi connectivity index (χ3v) is 8.45. The van der Waals surface area contributed by atoms with Crippen molar-refractivity contribution in [2.75, 3.05) is 0 Å². The molecule has 3 fully saturated rings. The minimum atomic E-state index is 0.731. The van der Waals surface area contributed by atoms with Crippen molar-refractivity contribution < 1.29 is 4.57 Å². The van der Waals surface area contributed by atoms with Crippen molar-refractivity contribution >= 4 is 0 Å². The maximum Gasteiger partial charge on any atom is 0.265 e. The molecular weight excluding hydrogens is 364 g/mol. The van der Waals surface area contributed by atoms with Crippen molar-refractivity contribution in [3.8, 4) is 5.69 Å². The second kappa shape index (κ2) is 8.89. The van der Waals surface area contributed by atoms with Gasteiger partial charge >= 0.3 is 0 Å². The van der Waals surface area contributed by atoms with Crippen molar-refractivity contribution in [3.63, 3.8) is 0 Å². The highest BCUT2D eigenvalue weighted by Gasteiger charge is 2.41. The molecule has 1 aromatic carbocycles. The van der Waals surface area contributed by atoms with E-state index in [1.54, 1.807) is 17.2 Å². The highest BCUT2D eigenvalue weighted by molar-refractivity contribution is 5.43. The van der Waals surface area contributed by atoms with Crippen LogP contribution in [-0.4, -0.2) is 4.57 Å². The Labute approximate surface area is 183 Å². The molecule has 0 amide bonds. The first kappa shape index (κ1) is 20.3. The van der Waals surface area contributed by atoms with Gasteiger partial charge in [0.2, 0.25) is 0 Å². The largest absolute Gasteiger partial charge is 0.265 e. The number of aryl methyl sites for hydroxylation is 1. The average Bonchev–Trinajstić information content (AvgIpc) is 3.41. The number of imidazole rings is 1. The summed E-state index contributed by atoms with van der Waals surface area (Å²) in [6.07, 6.45) is 19.7. The number of aromatic nitrogens is 2. The highest BCUT2D eigenvalue weighted by Crippen LogP contribution is 2.41. The molecule has 5 rings (SSSR count). The van der Waals surface area contributed by atoms with E-state index in [1.807, 2.05) is 0 Å². The smallest absolute Gasteiger partial charge is 0.228 e. The number of nitrogens with zero attached hydrogens (tertiary/aromatic N) is 2. The predicted octanol–water partition coefficient (Wildman–Crippen LogP) is 7.59. The Balaban J connectivity index is 1.75. The SMILES string of the molecule is Cc1ccccc1-n1c(C)c(C2CCCC2)[n+](C2CCCCC2)c1C1CCCCC1. The van der Waals surface area contributed by atoms with Crippen LogP contribution in [0.25, 0.3) is 5.69 Å². The Morgan fingerprint density at radius 2 is 1.27 bits per heavy atom. The van der Waals surface area contributed by atoms with E-state index in [2.05, 4.69) is 47.2 Å². The number of hydrogen-bond donors (Lipinski definition) is 0. The molecule has 2 aromatic rings. The molecule has 3 aliphatic rings.